The highest BCUT2D eigenvalue weighted by Crippen LogP contribution is 2.13. The first-order valence-electron chi connectivity index (χ1n) is 5.37. The molecule has 0 bridgehead atoms. The zero-order chi connectivity index (χ0) is 13.7. The molecule has 19 heavy (non-hydrogen) atoms. The summed E-state index contributed by atoms with van der Waals surface area (Å²) in [5.74, 6) is 3.97. The third-order valence-corrected chi connectivity index (χ3v) is 2.31. The lowest BCUT2D eigenvalue weighted by molar-refractivity contribution is 0.0950. The quantitative estimate of drug-likeness (QED) is 0.509. The first-order chi connectivity index (χ1) is 9.22. The van der Waals surface area contributed by atoms with E-state index in [1.54, 1.807) is 0 Å². The zero-order valence-electron chi connectivity index (χ0n) is 9.76. The van der Waals surface area contributed by atoms with E-state index in [2.05, 4.69) is 30.4 Å². The van der Waals surface area contributed by atoms with Gasteiger partial charge in [-0.25, -0.2) is 15.2 Å². The van der Waals surface area contributed by atoms with Crippen molar-refractivity contribution in [2.45, 2.75) is 6.42 Å². The van der Waals surface area contributed by atoms with Crippen LogP contribution >= 0.6 is 0 Å². The third kappa shape index (κ3) is 3.01. The Balaban J connectivity index is 1.96. The van der Waals surface area contributed by atoms with Gasteiger partial charge in [-0.1, -0.05) is 5.16 Å². The lowest BCUT2D eigenvalue weighted by atomic mass is 10.2. The van der Waals surface area contributed by atoms with Gasteiger partial charge in [-0.15, -0.1) is 0 Å². The van der Waals surface area contributed by atoms with Gasteiger partial charge in [0.15, 0.2) is 17.5 Å². The van der Waals surface area contributed by atoms with E-state index in [-0.39, 0.29) is 17.9 Å². The number of nitrogens with zero attached hydrogens (tertiary/aromatic N) is 3. The van der Waals surface area contributed by atoms with Gasteiger partial charge >= 0.3 is 0 Å². The number of aromatic nitrogens is 3. The largest absolute Gasteiger partial charge is 0.351 e. The number of nitrogen functional groups attached to an aromatic ring is 1. The van der Waals surface area contributed by atoms with Crippen LogP contribution in [-0.2, 0) is 6.42 Å². The minimum atomic E-state index is -0.804. The number of hydrogen-bond donors (Lipinski definition) is 3. The SMILES string of the molecule is NNc1nccc(C(=O)NCCc2ncon2)c1F. The van der Waals surface area contributed by atoms with Crippen molar-refractivity contribution >= 4 is 11.7 Å². The number of halogens is 1. The van der Waals surface area contributed by atoms with Crippen molar-refractivity contribution in [1.82, 2.24) is 20.4 Å². The molecule has 0 atom stereocenters. The van der Waals surface area contributed by atoms with Crippen LogP contribution in [0.3, 0.4) is 0 Å². The van der Waals surface area contributed by atoms with Gasteiger partial charge in [0.25, 0.3) is 5.91 Å². The second-order valence-electron chi connectivity index (χ2n) is 3.52. The van der Waals surface area contributed by atoms with Crippen molar-refractivity contribution in [3.05, 3.63) is 35.9 Å². The first-order valence-corrected chi connectivity index (χ1v) is 5.37. The molecule has 1 amide bonds. The topological polar surface area (TPSA) is 119 Å². The first kappa shape index (κ1) is 12.9. The van der Waals surface area contributed by atoms with E-state index in [0.717, 1.165) is 0 Å². The number of hydrazine groups is 1. The van der Waals surface area contributed by atoms with Crippen LogP contribution in [0.25, 0.3) is 0 Å². The van der Waals surface area contributed by atoms with E-state index in [4.69, 9.17) is 5.84 Å². The molecule has 0 aliphatic carbocycles. The summed E-state index contributed by atoms with van der Waals surface area (Å²) in [6.45, 7) is 0.255. The Hall–Kier alpha value is -2.55. The Morgan fingerprint density at radius 1 is 1.47 bits per heavy atom. The summed E-state index contributed by atoms with van der Waals surface area (Å²) in [6, 6.07) is 1.26. The lowest BCUT2D eigenvalue weighted by Crippen LogP contribution is -2.27. The number of nitrogens with two attached hydrogens (primary N) is 1. The van der Waals surface area contributed by atoms with Gasteiger partial charge in [0.1, 0.15) is 0 Å². The van der Waals surface area contributed by atoms with Crippen molar-refractivity contribution in [3.63, 3.8) is 0 Å². The number of hydrogen-bond acceptors (Lipinski definition) is 7. The van der Waals surface area contributed by atoms with Crippen LogP contribution < -0.4 is 16.6 Å². The number of carbonyl (C=O) groups is 1. The van der Waals surface area contributed by atoms with Crippen LogP contribution in [-0.4, -0.2) is 27.6 Å². The van der Waals surface area contributed by atoms with Crippen molar-refractivity contribution in [1.29, 1.82) is 0 Å². The van der Waals surface area contributed by atoms with Crippen LogP contribution in [0.15, 0.2) is 23.2 Å². The number of nitrogens with one attached hydrogen (secondary N) is 2. The molecule has 2 aromatic heterocycles. The Kier molecular flexibility index (Phi) is 3.98. The maximum absolute atomic E-state index is 13.7. The van der Waals surface area contributed by atoms with Crippen LogP contribution in [0.4, 0.5) is 10.2 Å². The van der Waals surface area contributed by atoms with Gasteiger partial charge in [-0.3, -0.25) is 4.79 Å². The smallest absolute Gasteiger partial charge is 0.254 e. The molecule has 0 spiro atoms. The van der Waals surface area contributed by atoms with Crippen molar-refractivity contribution in [3.8, 4) is 0 Å². The second kappa shape index (κ2) is 5.87. The summed E-state index contributed by atoms with van der Waals surface area (Å²) in [7, 11) is 0. The fourth-order valence-corrected chi connectivity index (χ4v) is 1.41. The molecule has 2 aromatic rings. The molecular weight excluding hydrogens is 255 g/mol. The molecule has 0 radical (unpaired) electrons. The summed E-state index contributed by atoms with van der Waals surface area (Å²) in [5, 5.41) is 6.12. The third-order valence-electron chi connectivity index (χ3n) is 2.31. The normalized spacial score (nSPS) is 10.2. The van der Waals surface area contributed by atoms with E-state index in [1.165, 1.54) is 18.7 Å². The van der Waals surface area contributed by atoms with Gasteiger partial charge in [0, 0.05) is 19.2 Å². The molecule has 100 valence electrons. The number of anilines is 1. The molecule has 2 rings (SSSR count). The zero-order valence-corrected chi connectivity index (χ0v) is 9.76. The molecule has 0 aliphatic heterocycles. The van der Waals surface area contributed by atoms with Crippen LogP contribution in [0, 0.1) is 5.82 Å². The van der Waals surface area contributed by atoms with Gasteiger partial charge < -0.3 is 15.3 Å². The predicted molar refractivity (Wildman–Crippen MR) is 62.3 cm³/mol. The Morgan fingerprint density at radius 3 is 3.00 bits per heavy atom. The van der Waals surface area contributed by atoms with Crippen LogP contribution in [0.5, 0.6) is 0 Å². The fraction of sp³-hybridized carbons (Fsp3) is 0.200. The highest BCUT2D eigenvalue weighted by Gasteiger charge is 2.15. The highest BCUT2D eigenvalue weighted by atomic mass is 19.1. The fourth-order valence-electron chi connectivity index (χ4n) is 1.41. The standard InChI is InChI=1S/C10H11FN6O2/c11-8-6(1-3-13-9(8)16-12)10(18)14-4-2-7-15-5-19-17-7/h1,3,5H,2,4,12H2,(H,13,16)(H,14,18). The van der Waals surface area contributed by atoms with E-state index < -0.39 is 11.7 Å². The highest BCUT2D eigenvalue weighted by molar-refractivity contribution is 5.95. The molecule has 0 saturated heterocycles. The summed E-state index contributed by atoms with van der Waals surface area (Å²) >= 11 is 0. The summed E-state index contributed by atoms with van der Waals surface area (Å²) < 4.78 is 18.3. The molecule has 0 aromatic carbocycles. The van der Waals surface area contributed by atoms with Crippen LogP contribution in [0.2, 0.25) is 0 Å². The van der Waals surface area contributed by atoms with Gasteiger partial charge in [0.05, 0.1) is 5.56 Å². The maximum Gasteiger partial charge on any atom is 0.254 e. The molecule has 0 fully saturated rings. The number of carbonyl (C=O) groups excluding carboxylic acids is 1. The van der Waals surface area contributed by atoms with Gasteiger partial charge in [-0.2, -0.15) is 4.98 Å². The van der Waals surface area contributed by atoms with Crippen molar-refractivity contribution in [2.75, 3.05) is 12.0 Å². The Labute approximate surface area is 107 Å². The summed E-state index contributed by atoms with van der Waals surface area (Å²) in [5.41, 5.74) is 1.93. The molecule has 0 unspecified atom stereocenters. The predicted octanol–water partition coefficient (Wildman–Crippen LogP) is -0.138. The van der Waals surface area contributed by atoms with E-state index in [9.17, 15) is 9.18 Å². The Bertz CT molecular complexity index is 559. The Morgan fingerprint density at radius 2 is 2.32 bits per heavy atom. The van der Waals surface area contributed by atoms with E-state index >= 15 is 0 Å². The van der Waals surface area contributed by atoms with Crippen molar-refractivity contribution in [2.24, 2.45) is 5.84 Å². The van der Waals surface area contributed by atoms with Gasteiger partial charge in [0.2, 0.25) is 6.39 Å². The number of pyridine rings is 1. The van der Waals surface area contributed by atoms with Crippen LogP contribution in [0.1, 0.15) is 16.2 Å². The summed E-state index contributed by atoms with van der Waals surface area (Å²) in [4.78, 5) is 19.2. The molecule has 0 aliphatic rings. The summed E-state index contributed by atoms with van der Waals surface area (Å²) in [6.07, 6.45) is 2.86. The minimum Gasteiger partial charge on any atom is -0.351 e. The molecule has 4 N–H and O–H groups in total. The monoisotopic (exact) mass is 266 g/mol. The number of rotatable bonds is 5. The van der Waals surface area contributed by atoms with E-state index in [1.807, 2.05) is 0 Å². The molecule has 2 heterocycles. The molecule has 9 heteroatoms. The average molecular weight is 266 g/mol. The van der Waals surface area contributed by atoms with Gasteiger partial charge in [-0.05, 0) is 6.07 Å². The maximum atomic E-state index is 13.7. The molecule has 0 saturated carbocycles. The lowest BCUT2D eigenvalue weighted by Gasteiger charge is -2.07. The molecular formula is C10H11FN6O2. The average Bonchev–Trinajstić information content (AvgIpc) is 2.92. The minimum absolute atomic E-state index is 0.143. The second-order valence-corrected chi connectivity index (χ2v) is 3.52. The van der Waals surface area contributed by atoms with Crippen molar-refractivity contribution < 1.29 is 13.7 Å². The van der Waals surface area contributed by atoms with E-state index in [0.29, 0.717) is 12.2 Å². The molecule has 8 nitrogen and oxygen atoms in total. The number of amides is 1.